The second-order valence-corrected chi connectivity index (χ2v) is 7.96. The van der Waals surface area contributed by atoms with Crippen molar-refractivity contribution in [2.75, 3.05) is 6.54 Å². The average Bonchev–Trinajstić information content (AvgIpc) is 3.22. The lowest BCUT2D eigenvalue weighted by molar-refractivity contribution is 0.0321. The smallest absolute Gasteiger partial charge is 0.254 e. The summed E-state index contributed by atoms with van der Waals surface area (Å²) in [5.74, 6) is 1.32. The number of H-pyrrole nitrogens is 1. The Bertz CT molecular complexity index is 948. The Hall–Kier alpha value is -2.62. The highest BCUT2D eigenvalue weighted by Crippen LogP contribution is 2.44. The van der Waals surface area contributed by atoms with E-state index in [0.29, 0.717) is 17.9 Å². The molecule has 2 aliphatic rings. The van der Waals surface area contributed by atoms with Crippen molar-refractivity contribution in [2.24, 2.45) is 5.92 Å². The van der Waals surface area contributed by atoms with Crippen molar-refractivity contribution in [3.63, 3.8) is 0 Å². The molecule has 1 N–H and O–H groups in total. The Labute approximate surface area is 159 Å². The van der Waals surface area contributed by atoms with E-state index in [2.05, 4.69) is 45.4 Å². The minimum atomic E-state index is 0.172. The fourth-order valence-electron chi connectivity index (χ4n) is 5.33. The number of nitrogens with one attached hydrogen (secondary N) is 1. The Balaban J connectivity index is 1.47. The maximum atomic E-state index is 13.5. The first-order valence-electron chi connectivity index (χ1n) is 10.1. The summed E-state index contributed by atoms with van der Waals surface area (Å²) in [5, 5.41) is 8.04. The van der Waals surface area contributed by atoms with E-state index in [1.807, 2.05) is 18.2 Å². The van der Waals surface area contributed by atoms with Gasteiger partial charge in [-0.05, 0) is 48.8 Å². The molecule has 2 fully saturated rings. The van der Waals surface area contributed by atoms with E-state index in [1.54, 1.807) is 6.20 Å². The number of fused-ring (bicyclic) bond motifs is 2. The highest BCUT2D eigenvalue weighted by molar-refractivity contribution is 6.06. The number of amides is 1. The summed E-state index contributed by atoms with van der Waals surface area (Å²) >= 11 is 0. The van der Waals surface area contributed by atoms with Crippen LogP contribution in [0.1, 0.15) is 53.9 Å². The molecule has 1 saturated carbocycles. The molecule has 1 aliphatic heterocycles. The Morgan fingerprint density at radius 1 is 1.00 bits per heavy atom. The number of hydrogen-bond acceptors (Lipinski definition) is 2. The molecule has 1 aromatic heterocycles. The minimum absolute atomic E-state index is 0.172. The van der Waals surface area contributed by atoms with Crippen LogP contribution >= 0.6 is 0 Å². The van der Waals surface area contributed by atoms with Crippen LogP contribution in [0.4, 0.5) is 0 Å². The van der Waals surface area contributed by atoms with Crippen LogP contribution in [-0.4, -0.2) is 33.6 Å². The van der Waals surface area contributed by atoms with Gasteiger partial charge in [0.05, 0.1) is 17.3 Å². The number of piperidine rings is 1. The highest BCUT2D eigenvalue weighted by atomic mass is 16.2. The van der Waals surface area contributed by atoms with Gasteiger partial charge in [0.25, 0.3) is 5.91 Å². The zero-order chi connectivity index (χ0) is 18.2. The summed E-state index contributed by atoms with van der Waals surface area (Å²) in [6, 6.07) is 17.1. The van der Waals surface area contributed by atoms with Gasteiger partial charge in [0.15, 0.2) is 0 Å². The van der Waals surface area contributed by atoms with Gasteiger partial charge >= 0.3 is 0 Å². The van der Waals surface area contributed by atoms with Crippen molar-refractivity contribution < 1.29 is 4.79 Å². The number of carbonyl (C=O) groups is 1. The monoisotopic (exact) mass is 359 g/mol. The molecule has 5 rings (SSSR count). The molecule has 1 unspecified atom stereocenters. The van der Waals surface area contributed by atoms with E-state index in [-0.39, 0.29) is 5.91 Å². The third-order valence-corrected chi connectivity index (χ3v) is 6.58. The van der Waals surface area contributed by atoms with Crippen molar-refractivity contribution in [3.05, 3.63) is 65.9 Å². The molecule has 0 radical (unpaired) electrons. The minimum Gasteiger partial charge on any atom is -0.335 e. The maximum Gasteiger partial charge on any atom is 0.254 e. The highest BCUT2D eigenvalue weighted by Gasteiger charge is 2.42. The summed E-state index contributed by atoms with van der Waals surface area (Å²) in [4.78, 5) is 15.7. The van der Waals surface area contributed by atoms with Crippen LogP contribution in [0.25, 0.3) is 10.9 Å². The molecule has 1 aliphatic carbocycles. The van der Waals surface area contributed by atoms with Crippen LogP contribution in [0.3, 0.4) is 0 Å². The first-order chi connectivity index (χ1) is 13.3. The number of hydrogen-bond donors (Lipinski definition) is 1. The fourth-order valence-corrected chi connectivity index (χ4v) is 5.33. The first-order valence-corrected chi connectivity index (χ1v) is 10.1. The predicted molar refractivity (Wildman–Crippen MR) is 107 cm³/mol. The average molecular weight is 359 g/mol. The lowest BCUT2D eigenvalue weighted by atomic mass is 9.69. The zero-order valence-corrected chi connectivity index (χ0v) is 15.5. The molecule has 3 aromatic rings. The molecule has 1 amide bonds. The van der Waals surface area contributed by atoms with Crippen molar-refractivity contribution in [3.8, 4) is 0 Å². The van der Waals surface area contributed by atoms with E-state index < -0.39 is 0 Å². The van der Waals surface area contributed by atoms with Gasteiger partial charge in [-0.2, -0.15) is 5.10 Å². The zero-order valence-electron chi connectivity index (χ0n) is 15.5. The summed E-state index contributed by atoms with van der Waals surface area (Å²) < 4.78 is 0. The number of likely N-dealkylation sites (tertiary alicyclic amines) is 1. The molecular weight excluding hydrogens is 334 g/mol. The summed E-state index contributed by atoms with van der Waals surface area (Å²) in [6.07, 6.45) is 7.69. The molecule has 2 aromatic carbocycles. The van der Waals surface area contributed by atoms with E-state index in [1.165, 1.54) is 24.8 Å². The molecule has 4 heteroatoms. The molecule has 0 bridgehead atoms. The van der Waals surface area contributed by atoms with Crippen molar-refractivity contribution in [2.45, 2.75) is 44.1 Å². The van der Waals surface area contributed by atoms with Crippen molar-refractivity contribution in [1.29, 1.82) is 0 Å². The fraction of sp³-hybridized carbons (Fsp3) is 0.391. The summed E-state index contributed by atoms with van der Waals surface area (Å²) in [6.45, 7) is 0.841. The van der Waals surface area contributed by atoms with Crippen LogP contribution in [0.5, 0.6) is 0 Å². The molecule has 27 heavy (non-hydrogen) atoms. The van der Waals surface area contributed by atoms with E-state index >= 15 is 0 Å². The third kappa shape index (κ3) is 2.84. The quantitative estimate of drug-likeness (QED) is 0.718. The van der Waals surface area contributed by atoms with Gasteiger partial charge in [0, 0.05) is 18.0 Å². The normalized spacial score (nSPS) is 25.3. The lowest BCUT2D eigenvalue weighted by Gasteiger charge is -2.48. The van der Waals surface area contributed by atoms with Gasteiger partial charge in [-0.25, -0.2) is 0 Å². The molecule has 0 spiro atoms. The molecule has 138 valence electrons. The maximum absolute atomic E-state index is 13.5. The molecular formula is C23H25N3O. The van der Waals surface area contributed by atoms with Crippen LogP contribution < -0.4 is 0 Å². The van der Waals surface area contributed by atoms with Crippen LogP contribution in [-0.2, 0) is 0 Å². The largest absolute Gasteiger partial charge is 0.335 e. The van der Waals surface area contributed by atoms with Crippen molar-refractivity contribution in [1.82, 2.24) is 15.1 Å². The number of aromatic amines is 1. The Morgan fingerprint density at radius 3 is 2.74 bits per heavy atom. The number of nitrogens with zero attached hydrogens (tertiary/aromatic N) is 2. The van der Waals surface area contributed by atoms with Gasteiger partial charge in [-0.3, -0.25) is 9.89 Å². The van der Waals surface area contributed by atoms with Gasteiger partial charge in [0.1, 0.15) is 0 Å². The van der Waals surface area contributed by atoms with E-state index in [0.717, 1.165) is 35.9 Å². The van der Waals surface area contributed by atoms with Crippen LogP contribution in [0.15, 0.2) is 54.7 Å². The number of carbonyl (C=O) groups excluding carboxylic acids is 1. The second-order valence-electron chi connectivity index (χ2n) is 7.96. The predicted octanol–water partition coefficient (Wildman–Crippen LogP) is 4.75. The van der Waals surface area contributed by atoms with Crippen LogP contribution in [0.2, 0.25) is 0 Å². The van der Waals surface area contributed by atoms with Gasteiger partial charge in [-0.15, -0.1) is 0 Å². The first kappa shape index (κ1) is 16.5. The van der Waals surface area contributed by atoms with Gasteiger partial charge < -0.3 is 4.90 Å². The SMILES string of the molecule is O=C(c1cccc2[nH]ncc12)N1CC[C@H](c2ccccc2)[C@H]2CCCCC21. The standard InChI is InChI=1S/C23H25N3O/c27-23(19-10-6-11-21-20(19)15-24-25-21)26-14-13-17(16-7-2-1-3-8-16)18-9-4-5-12-22(18)26/h1-3,6-8,10-11,15,17-18,22H,4-5,9,12-14H2,(H,24,25)/t17-,18-,22?/m1/s1. The Kier molecular flexibility index (Phi) is 4.19. The van der Waals surface area contributed by atoms with Crippen molar-refractivity contribution >= 4 is 16.8 Å². The van der Waals surface area contributed by atoms with Gasteiger partial charge in [0.2, 0.25) is 0 Å². The summed E-state index contributed by atoms with van der Waals surface area (Å²) in [7, 11) is 0. The number of benzene rings is 2. The van der Waals surface area contributed by atoms with E-state index in [4.69, 9.17) is 0 Å². The second kappa shape index (κ2) is 6.84. The molecule has 1 saturated heterocycles. The van der Waals surface area contributed by atoms with E-state index in [9.17, 15) is 4.79 Å². The molecule has 3 atom stereocenters. The Morgan fingerprint density at radius 2 is 1.85 bits per heavy atom. The molecule has 2 heterocycles. The number of aromatic nitrogens is 2. The summed E-state index contributed by atoms with van der Waals surface area (Å²) in [5.41, 5.74) is 3.15. The molecule has 4 nitrogen and oxygen atoms in total. The topological polar surface area (TPSA) is 49.0 Å². The van der Waals surface area contributed by atoms with Gasteiger partial charge in [-0.1, -0.05) is 49.2 Å². The third-order valence-electron chi connectivity index (χ3n) is 6.58. The lowest BCUT2D eigenvalue weighted by Crippen LogP contribution is -2.52. The van der Waals surface area contributed by atoms with Crippen LogP contribution in [0, 0.1) is 5.92 Å². The number of rotatable bonds is 2.